The largest absolute Gasteiger partial charge is 0.367 e. The molecule has 0 saturated heterocycles. The minimum absolute atomic E-state index is 0.0252. The number of aromatic nitrogens is 4. The fourth-order valence-corrected chi connectivity index (χ4v) is 2.95. The van der Waals surface area contributed by atoms with Crippen LogP contribution in [0.25, 0.3) is 5.95 Å². The third-order valence-corrected chi connectivity index (χ3v) is 4.11. The smallest absolute Gasteiger partial charge is 0.252 e. The third-order valence-electron chi connectivity index (χ3n) is 4.11. The topological polar surface area (TPSA) is 55.6 Å². The van der Waals surface area contributed by atoms with Gasteiger partial charge in [-0.15, -0.1) is 0 Å². The normalized spacial score (nSPS) is 18.1. The first-order chi connectivity index (χ1) is 10.8. The number of halogens is 2. The van der Waals surface area contributed by atoms with Crippen molar-refractivity contribution in [3.8, 4) is 5.95 Å². The summed E-state index contributed by atoms with van der Waals surface area (Å²) < 4.78 is 28.2. The predicted molar refractivity (Wildman–Crippen MR) is 84.2 cm³/mol. The second kappa shape index (κ2) is 5.86. The Hall–Kier alpha value is -2.05. The van der Waals surface area contributed by atoms with E-state index in [1.807, 2.05) is 32.9 Å². The Bertz CT molecular complexity index is 700. The fourth-order valence-electron chi connectivity index (χ4n) is 2.95. The number of rotatable bonds is 3. The lowest BCUT2D eigenvalue weighted by molar-refractivity contribution is -0.0361. The molecule has 0 spiro atoms. The molecule has 0 radical (unpaired) electrons. The van der Waals surface area contributed by atoms with Gasteiger partial charge in [0.25, 0.3) is 5.95 Å². The lowest BCUT2D eigenvalue weighted by atomic mass is 9.92. The molecule has 7 heteroatoms. The van der Waals surface area contributed by atoms with E-state index in [-0.39, 0.29) is 18.9 Å². The van der Waals surface area contributed by atoms with Crippen molar-refractivity contribution in [2.45, 2.75) is 58.4 Å². The third kappa shape index (κ3) is 3.65. The Labute approximate surface area is 134 Å². The molecule has 3 rings (SSSR count). The Kier molecular flexibility index (Phi) is 4.04. The molecule has 1 N–H and O–H groups in total. The average molecular weight is 321 g/mol. The van der Waals surface area contributed by atoms with E-state index >= 15 is 0 Å². The Morgan fingerprint density at radius 1 is 1.09 bits per heavy atom. The van der Waals surface area contributed by atoms with Crippen molar-refractivity contribution in [3.63, 3.8) is 0 Å². The zero-order valence-corrected chi connectivity index (χ0v) is 13.6. The number of aryl methyl sites for hydroxylation is 3. The summed E-state index contributed by atoms with van der Waals surface area (Å²) >= 11 is 0. The first-order valence-corrected chi connectivity index (χ1v) is 7.86. The van der Waals surface area contributed by atoms with Gasteiger partial charge in [-0.2, -0.15) is 10.1 Å². The second-order valence-corrected chi connectivity index (χ2v) is 6.31. The van der Waals surface area contributed by atoms with E-state index in [4.69, 9.17) is 0 Å². The Morgan fingerprint density at radius 2 is 1.78 bits per heavy atom. The van der Waals surface area contributed by atoms with E-state index in [9.17, 15) is 8.78 Å². The molecule has 0 aromatic carbocycles. The van der Waals surface area contributed by atoms with Gasteiger partial charge in [0, 0.05) is 36.3 Å². The molecule has 2 heterocycles. The van der Waals surface area contributed by atoms with Crippen LogP contribution in [0.3, 0.4) is 0 Å². The van der Waals surface area contributed by atoms with Crippen molar-refractivity contribution in [1.82, 2.24) is 19.7 Å². The standard InChI is InChI=1S/C16H21F2N5/c1-10-9-14(20-13-4-6-16(17,18)7-5-13)21-15(19-10)23-12(3)8-11(2)22-23/h8-9,13H,4-7H2,1-3H3,(H,19,20,21). The Balaban J connectivity index is 1.80. The SMILES string of the molecule is Cc1cc(NC2CCC(F)(F)CC2)nc(-n2nc(C)cc2C)n1. The first-order valence-electron chi connectivity index (χ1n) is 7.86. The van der Waals surface area contributed by atoms with Crippen LogP contribution in [-0.2, 0) is 0 Å². The van der Waals surface area contributed by atoms with Gasteiger partial charge in [0.15, 0.2) is 0 Å². The van der Waals surface area contributed by atoms with Crippen molar-refractivity contribution in [3.05, 3.63) is 29.2 Å². The number of alkyl halides is 2. The van der Waals surface area contributed by atoms with E-state index in [0.717, 1.165) is 17.1 Å². The predicted octanol–water partition coefficient (Wildman–Crippen LogP) is 3.58. The van der Waals surface area contributed by atoms with Gasteiger partial charge in [-0.3, -0.25) is 0 Å². The molecule has 0 aliphatic heterocycles. The highest BCUT2D eigenvalue weighted by atomic mass is 19.3. The summed E-state index contributed by atoms with van der Waals surface area (Å²) in [6.45, 7) is 5.75. The maximum atomic E-state index is 13.2. The van der Waals surface area contributed by atoms with Crippen LogP contribution < -0.4 is 5.32 Å². The summed E-state index contributed by atoms with van der Waals surface area (Å²) in [5.41, 5.74) is 2.67. The van der Waals surface area contributed by atoms with Crippen molar-refractivity contribution in [1.29, 1.82) is 0 Å². The van der Waals surface area contributed by atoms with Crippen molar-refractivity contribution in [2.75, 3.05) is 5.32 Å². The van der Waals surface area contributed by atoms with Gasteiger partial charge < -0.3 is 5.32 Å². The molecule has 0 atom stereocenters. The summed E-state index contributed by atoms with van der Waals surface area (Å²) in [5, 5.41) is 7.66. The summed E-state index contributed by atoms with van der Waals surface area (Å²) in [4.78, 5) is 8.92. The molecular formula is C16H21F2N5. The van der Waals surface area contributed by atoms with Gasteiger partial charge in [0.1, 0.15) is 5.82 Å². The van der Waals surface area contributed by atoms with Crippen molar-refractivity contribution >= 4 is 5.82 Å². The molecule has 5 nitrogen and oxygen atoms in total. The van der Waals surface area contributed by atoms with Crippen molar-refractivity contribution < 1.29 is 8.78 Å². The molecule has 2 aromatic rings. The highest BCUT2D eigenvalue weighted by Gasteiger charge is 2.34. The zero-order chi connectivity index (χ0) is 16.6. The van der Waals surface area contributed by atoms with Crippen LogP contribution in [0, 0.1) is 20.8 Å². The van der Waals surface area contributed by atoms with Crippen LogP contribution in [0.1, 0.15) is 42.8 Å². The van der Waals surface area contributed by atoms with E-state index < -0.39 is 5.92 Å². The number of hydrogen-bond donors (Lipinski definition) is 1. The van der Waals surface area contributed by atoms with Gasteiger partial charge in [-0.1, -0.05) is 0 Å². The maximum absolute atomic E-state index is 13.2. The number of nitrogens with zero attached hydrogens (tertiary/aromatic N) is 4. The van der Waals surface area contributed by atoms with Crippen LogP contribution in [0.15, 0.2) is 12.1 Å². The van der Waals surface area contributed by atoms with E-state index in [2.05, 4.69) is 20.4 Å². The van der Waals surface area contributed by atoms with E-state index in [1.165, 1.54) is 0 Å². The molecule has 1 saturated carbocycles. The molecule has 0 bridgehead atoms. The highest BCUT2D eigenvalue weighted by molar-refractivity contribution is 5.40. The van der Waals surface area contributed by atoms with E-state index in [0.29, 0.717) is 24.6 Å². The minimum Gasteiger partial charge on any atom is -0.367 e. The van der Waals surface area contributed by atoms with Crippen LogP contribution in [0.2, 0.25) is 0 Å². The van der Waals surface area contributed by atoms with Crippen molar-refractivity contribution in [2.24, 2.45) is 0 Å². The van der Waals surface area contributed by atoms with Crippen LogP contribution in [-0.4, -0.2) is 31.7 Å². The quantitative estimate of drug-likeness (QED) is 0.939. The number of nitrogens with one attached hydrogen (secondary N) is 1. The van der Waals surface area contributed by atoms with Crippen LogP contribution in [0.4, 0.5) is 14.6 Å². The molecule has 0 unspecified atom stereocenters. The van der Waals surface area contributed by atoms with Crippen LogP contribution >= 0.6 is 0 Å². The number of anilines is 1. The molecule has 0 amide bonds. The molecule has 1 aliphatic carbocycles. The molecular weight excluding hydrogens is 300 g/mol. The monoisotopic (exact) mass is 321 g/mol. The molecule has 23 heavy (non-hydrogen) atoms. The summed E-state index contributed by atoms with van der Waals surface area (Å²) in [5.74, 6) is -1.36. The first kappa shape index (κ1) is 15.8. The summed E-state index contributed by atoms with van der Waals surface area (Å²) in [6, 6.07) is 3.82. The highest BCUT2D eigenvalue weighted by Crippen LogP contribution is 2.34. The molecule has 2 aromatic heterocycles. The zero-order valence-electron chi connectivity index (χ0n) is 13.6. The Morgan fingerprint density at radius 3 is 2.39 bits per heavy atom. The number of hydrogen-bond acceptors (Lipinski definition) is 4. The van der Waals surface area contributed by atoms with Gasteiger partial charge in [0.2, 0.25) is 5.92 Å². The molecule has 1 aliphatic rings. The molecule has 124 valence electrons. The summed E-state index contributed by atoms with van der Waals surface area (Å²) in [6.07, 6.45) is 0.759. The average Bonchev–Trinajstić information content (AvgIpc) is 2.79. The van der Waals surface area contributed by atoms with Gasteiger partial charge in [-0.05, 0) is 39.7 Å². The van der Waals surface area contributed by atoms with Gasteiger partial charge in [-0.25, -0.2) is 18.4 Å². The maximum Gasteiger partial charge on any atom is 0.252 e. The lowest BCUT2D eigenvalue weighted by Gasteiger charge is -2.29. The van der Waals surface area contributed by atoms with Crippen LogP contribution in [0.5, 0.6) is 0 Å². The minimum atomic E-state index is -2.52. The summed E-state index contributed by atoms with van der Waals surface area (Å²) in [7, 11) is 0. The molecule has 1 fully saturated rings. The van der Waals surface area contributed by atoms with Gasteiger partial charge in [0.05, 0.1) is 5.69 Å². The van der Waals surface area contributed by atoms with Gasteiger partial charge >= 0.3 is 0 Å². The lowest BCUT2D eigenvalue weighted by Crippen LogP contribution is -2.32. The fraction of sp³-hybridized carbons (Fsp3) is 0.562. The van der Waals surface area contributed by atoms with E-state index in [1.54, 1.807) is 4.68 Å². The second-order valence-electron chi connectivity index (χ2n) is 6.31.